The quantitative estimate of drug-likeness (QED) is 0.835. The fourth-order valence-corrected chi connectivity index (χ4v) is 1.96. The first kappa shape index (κ1) is 12.5. The van der Waals surface area contributed by atoms with Gasteiger partial charge in [-0.25, -0.2) is 9.69 Å². The summed E-state index contributed by atoms with van der Waals surface area (Å²) in [7, 11) is 0. The molecule has 1 aliphatic rings. The standard InChI is InChI=1S/C14H17NO3/c1-10(2)12-9-18-14(17)15(12)13(16)8-11-6-4-3-5-7-11/h3-8,10,12,16H,9H2,1-2H3/b13-8-/t12-/m1/s1. The van der Waals surface area contributed by atoms with Gasteiger partial charge in [-0.05, 0) is 11.5 Å². The first-order valence-corrected chi connectivity index (χ1v) is 6.01. The highest BCUT2D eigenvalue weighted by Gasteiger charge is 2.37. The summed E-state index contributed by atoms with van der Waals surface area (Å²) in [5.41, 5.74) is 0.845. The predicted octanol–water partition coefficient (Wildman–Crippen LogP) is 3.02. The molecule has 1 N–H and O–H groups in total. The zero-order valence-electron chi connectivity index (χ0n) is 10.5. The highest BCUT2D eigenvalue weighted by Crippen LogP contribution is 2.24. The lowest BCUT2D eigenvalue weighted by Gasteiger charge is -2.23. The third kappa shape index (κ3) is 2.47. The molecular formula is C14H17NO3. The highest BCUT2D eigenvalue weighted by atomic mass is 16.6. The molecular weight excluding hydrogens is 230 g/mol. The molecule has 1 aromatic rings. The first-order chi connectivity index (χ1) is 8.59. The van der Waals surface area contributed by atoms with Crippen LogP contribution in [0.25, 0.3) is 6.08 Å². The number of carbonyl (C=O) groups excluding carboxylic acids is 1. The lowest BCUT2D eigenvalue weighted by molar-refractivity contribution is 0.148. The fourth-order valence-electron chi connectivity index (χ4n) is 1.96. The minimum atomic E-state index is -0.488. The lowest BCUT2D eigenvalue weighted by atomic mass is 10.0. The van der Waals surface area contributed by atoms with Crippen molar-refractivity contribution >= 4 is 12.2 Å². The van der Waals surface area contributed by atoms with Gasteiger partial charge in [-0.15, -0.1) is 0 Å². The summed E-state index contributed by atoms with van der Waals surface area (Å²) in [6.07, 6.45) is 1.08. The van der Waals surface area contributed by atoms with Crippen molar-refractivity contribution < 1.29 is 14.6 Å². The number of hydrogen-bond donors (Lipinski definition) is 1. The van der Waals surface area contributed by atoms with Crippen molar-refractivity contribution in [2.75, 3.05) is 6.61 Å². The van der Waals surface area contributed by atoms with Crippen molar-refractivity contribution in [1.82, 2.24) is 4.90 Å². The molecule has 1 amide bonds. The van der Waals surface area contributed by atoms with Gasteiger partial charge in [-0.2, -0.15) is 0 Å². The van der Waals surface area contributed by atoms with E-state index in [4.69, 9.17) is 4.74 Å². The van der Waals surface area contributed by atoms with E-state index in [1.807, 2.05) is 44.2 Å². The van der Waals surface area contributed by atoms with Crippen LogP contribution in [-0.4, -0.2) is 28.7 Å². The van der Waals surface area contributed by atoms with E-state index in [2.05, 4.69) is 0 Å². The summed E-state index contributed by atoms with van der Waals surface area (Å²) in [4.78, 5) is 12.9. The van der Waals surface area contributed by atoms with E-state index in [-0.39, 0.29) is 17.8 Å². The normalized spacial score (nSPS) is 20.4. The van der Waals surface area contributed by atoms with Gasteiger partial charge >= 0.3 is 6.09 Å². The minimum Gasteiger partial charge on any atom is -0.494 e. The van der Waals surface area contributed by atoms with Gasteiger partial charge in [-0.1, -0.05) is 44.2 Å². The molecule has 0 radical (unpaired) electrons. The van der Waals surface area contributed by atoms with E-state index in [9.17, 15) is 9.90 Å². The van der Waals surface area contributed by atoms with Gasteiger partial charge in [0.25, 0.3) is 0 Å². The first-order valence-electron chi connectivity index (χ1n) is 6.01. The second-order valence-corrected chi connectivity index (χ2v) is 4.67. The maximum Gasteiger partial charge on any atom is 0.417 e. The third-order valence-corrected chi connectivity index (χ3v) is 3.02. The van der Waals surface area contributed by atoms with Crippen LogP contribution in [0.4, 0.5) is 4.79 Å². The van der Waals surface area contributed by atoms with Crippen LogP contribution in [0.15, 0.2) is 36.2 Å². The number of rotatable bonds is 3. The number of carbonyl (C=O) groups is 1. The molecule has 4 heteroatoms. The molecule has 96 valence electrons. The zero-order chi connectivity index (χ0) is 13.1. The van der Waals surface area contributed by atoms with Crippen LogP contribution < -0.4 is 0 Å². The molecule has 0 spiro atoms. The summed E-state index contributed by atoms with van der Waals surface area (Å²) in [5, 5.41) is 10.1. The van der Waals surface area contributed by atoms with E-state index in [0.717, 1.165) is 5.56 Å². The molecule has 2 rings (SSSR count). The number of aliphatic hydroxyl groups is 1. The Labute approximate surface area is 106 Å². The summed E-state index contributed by atoms with van der Waals surface area (Å²) >= 11 is 0. The fraction of sp³-hybridized carbons (Fsp3) is 0.357. The van der Waals surface area contributed by atoms with E-state index >= 15 is 0 Å². The summed E-state index contributed by atoms with van der Waals surface area (Å²) < 4.78 is 4.98. The predicted molar refractivity (Wildman–Crippen MR) is 68.9 cm³/mol. The van der Waals surface area contributed by atoms with Crippen molar-refractivity contribution in [2.24, 2.45) is 5.92 Å². The molecule has 0 bridgehead atoms. The number of ether oxygens (including phenoxy) is 1. The van der Waals surface area contributed by atoms with Crippen LogP contribution in [0.3, 0.4) is 0 Å². The second kappa shape index (κ2) is 5.12. The van der Waals surface area contributed by atoms with E-state index in [1.165, 1.54) is 4.90 Å². The Kier molecular flexibility index (Phi) is 3.55. The molecule has 18 heavy (non-hydrogen) atoms. The van der Waals surface area contributed by atoms with E-state index in [1.54, 1.807) is 6.08 Å². The topological polar surface area (TPSA) is 49.8 Å². The molecule has 1 aliphatic heterocycles. The molecule has 1 fully saturated rings. The molecule has 0 aliphatic carbocycles. The van der Waals surface area contributed by atoms with Crippen LogP contribution in [0.2, 0.25) is 0 Å². The molecule has 4 nitrogen and oxygen atoms in total. The van der Waals surface area contributed by atoms with Crippen LogP contribution in [-0.2, 0) is 4.74 Å². The Hall–Kier alpha value is -1.97. The maximum absolute atomic E-state index is 11.6. The molecule has 1 atom stereocenters. The molecule has 1 saturated heterocycles. The SMILES string of the molecule is CC(C)[C@H]1COC(=O)N1/C(O)=C/c1ccccc1. The van der Waals surface area contributed by atoms with Gasteiger partial charge in [0.05, 0.1) is 6.04 Å². The molecule has 1 heterocycles. The number of aliphatic hydroxyl groups excluding tert-OH is 1. The van der Waals surface area contributed by atoms with Gasteiger partial charge in [-0.3, -0.25) is 0 Å². The molecule has 0 unspecified atom stereocenters. The Balaban J connectivity index is 2.24. The average Bonchev–Trinajstić information content (AvgIpc) is 2.72. The lowest BCUT2D eigenvalue weighted by Crippen LogP contribution is -2.36. The number of benzene rings is 1. The van der Waals surface area contributed by atoms with Crippen LogP contribution in [0.5, 0.6) is 0 Å². The van der Waals surface area contributed by atoms with Crippen LogP contribution >= 0.6 is 0 Å². The Morgan fingerprint density at radius 1 is 1.44 bits per heavy atom. The number of cyclic esters (lactones) is 1. The monoisotopic (exact) mass is 247 g/mol. The summed E-state index contributed by atoms with van der Waals surface area (Å²) in [5.74, 6) is 0.158. The van der Waals surface area contributed by atoms with Gasteiger partial charge < -0.3 is 9.84 Å². The van der Waals surface area contributed by atoms with Crippen molar-refractivity contribution in [3.05, 3.63) is 41.8 Å². The van der Waals surface area contributed by atoms with Gasteiger partial charge in [0.15, 0.2) is 5.88 Å². The highest BCUT2D eigenvalue weighted by molar-refractivity contribution is 5.73. The van der Waals surface area contributed by atoms with Crippen LogP contribution in [0.1, 0.15) is 19.4 Å². The summed E-state index contributed by atoms with van der Waals surface area (Å²) in [6.45, 7) is 4.31. The Morgan fingerprint density at radius 3 is 2.72 bits per heavy atom. The van der Waals surface area contributed by atoms with Crippen molar-refractivity contribution in [3.63, 3.8) is 0 Å². The Morgan fingerprint density at radius 2 is 2.11 bits per heavy atom. The average molecular weight is 247 g/mol. The van der Waals surface area contributed by atoms with Crippen LogP contribution in [0, 0.1) is 5.92 Å². The van der Waals surface area contributed by atoms with Crippen molar-refractivity contribution in [1.29, 1.82) is 0 Å². The van der Waals surface area contributed by atoms with Crippen molar-refractivity contribution in [2.45, 2.75) is 19.9 Å². The van der Waals surface area contributed by atoms with Gasteiger partial charge in [0, 0.05) is 6.08 Å². The second-order valence-electron chi connectivity index (χ2n) is 4.67. The maximum atomic E-state index is 11.6. The summed E-state index contributed by atoms with van der Waals surface area (Å²) in [6, 6.07) is 9.26. The molecule has 0 aromatic heterocycles. The minimum absolute atomic E-state index is 0.0672. The zero-order valence-corrected chi connectivity index (χ0v) is 10.5. The Bertz CT molecular complexity index is 453. The number of nitrogens with zero attached hydrogens (tertiary/aromatic N) is 1. The van der Waals surface area contributed by atoms with E-state index in [0.29, 0.717) is 6.61 Å². The number of amides is 1. The third-order valence-electron chi connectivity index (χ3n) is 3.02. The molecule has 0 saturated carbocycles. The van der Waals surface area contributed by atoms with Crippen molar-refractivity contribution in [3.8, 4) is 0 Å². The smallest absolute Gasteiger partial charge is 0.417 e. The number of hydrogen-bond acceptors (Lipinski definition) is 3. The largest absolute Gasteiger partial charge is 0.494 e. The van der Waals surface area contributed by atoms with Gasteiger partial charge in [0.1, 0.15) is 6.61 Å². The van der Waals surface area contributed by atoms with Gasteiger partial charge in [0.2, 0.25) is 0 Å². The molecule has 1 aromatic carbocycles. The van der Waals surface area contributed by atoms with E-state index < -0.39 is 6.09 Å².